The summed E-state index contributed by atoms with van der Waals surface area (Å²) in [6, 6.07) is 3.53. The smallest absolute Gasteiger partial charge is 0.272 e. The molecular weight excluding hydrogens is 306 g/mol. The zero-order chi connectivity index (χ0) is 17.3. The highest BCUT2D eigenvalue weighted by molar-refractivity contribution is 5.96. The molecule has 0 saturated carbocycles. The summed E-state index contributed by atoms with van der Waals surface area (Å²) in [4.78, 5) is 32.6. The summed E-state index contributed by atoms with van der Waals surface area (Å²) >= 11 is 0. The molecule has 2 amide bonds. The van der Waals surface area contributed by atoms with Gasteiger partial charge in [-0.3, -0.25) is 9.59 Å². The third-order valence-corrected chi connectivity index (χ3v) is 4.49. The van der Waals surface area contributed by atoms with E-state index in [0.717, 1.165) is 5.39 Å². The highest BCUT2D eigenvalue weighted by atomic mass is 16.3. The minimum atomic E-state index is -0.116. The van der Waals surface area contributed by atoms with Gasteiger partial charge in [-0.05, 0) is 24.1 Å². The molecule has 1 atom stereocenters. The SMILES string of the molecule is C=CC(=O)N1CCN(C(=O)c2cc3ccoc3cn2)C[C@@H]1C(C)C. The lowest BCUT2D eigenvalue weighted by Crippen LogP contribution is -2.58. The molecule has 3 heterocycles. The fraction of sp³-hybridized carbons (Fsp3) is 0.389. The highest BCUT2D eigenvalue weighted by Gasteiger charge is 2.33. The Morgan fingerprint density at radius 3 is 2.92 bits per heavy atom. The van der Waals surface area contributed by atoms with Gasteiger partial charge in [-0.1, -0.05) is 20.4 Å². The molecule has 0 unspecified atom stereocenters. The van der Waals surface area contributed by atoms with Crippen molar-refractivity contribution in [3.05, 3.63) is 42.9 Å². The first-order chi connectivity index (χ1) is 11.5. The third-order valence-electron chi connectivity index (χ3n) is 4.49. The van der Waals surface area contributed by atoms with Crippen molar-refractivity contribution < 1.29 is 14.0 Å². The van der Waals surface area contributed by atoms with Crippen LogP contribution in [0.15, 0.2) is 41.7 Å². The van der Waals surface area contributed by atoms with Crippen molar-refractivity contribution in [2.24, 2.45) is 5.92 Å². The fourth-order valence-corrected chi connectivity index (χ4v) is 3.10. The van der Waals surface area contributed by atoms with Crippen molar-refractivity contribution in [1.82, 2.24) is 14.8 Å². The van der Waals surface area contributed by atoms with Crippen molar-refractivity contribution >= 4 is 22.8 Å². The van der Waals surface area contributed by atoms with Crippen LogP contribution in [-0.2, 0) is 4.79 Å². The Balaban J connectivity index is 1.80. The summed E-state index contributed by atoms with van der Waals surface area (Å²) in [6.07, 6.45) is 4.48. The molecule has 6 nitrogen and oxygen atoms in total. The van der Waals surface area contributed by atoms with Crippen LogP contribution < -0.4 is 0 Å². The quantitative estimate of drug-likeness (QED) is 0.812. The zero-order valence-corrected chi connectivity index (χ0v) is 13.9. The number of hydrogen-bond donors (Lipinski definition) is 0. The number of piperazine rings is 1. The molecule has 126 valence electrons. The summed E-state index contributed by atoms with van der Waals surface area (Å²) < 4.78 is 5.26. The highest BCUT2D eigenvalue weighted by Crippen LogP contribution is 2.21. The number of aromatic nitrogens is 1. The first-order valence-corrected chi connectivity index (χ1v) is 8.07. The normalized spacial score (nSPS) is 18.2. The van der Waals surface area contributed by atoms with Crippen LogP contribution in [-0.4, -0.2) is 52.3 Å². The molecule has 2 aromatic heterocycles. The first-order valence-electron chi connectivity index (χ1n) is 8.07. The molecule has 2 aromatic rings. The van der Waals surface area contributed by atoms with E-state index in [0.29, 0.717) is 30.9 Å². The van der Waals surface area contributed by atoms with E-state index in [1.54, 1.807) is 28.3 Å². The molecular formula is C18H21N3O3. The number of rotatable bonds is 3. The number of carbonyl (C=O) groups excluding carboxylic acids is 2. The summed E-state index contributed by atoms with van der Waals surface area (Å²) in [5.41, 5.74) is 1.06. The van der Waals surface area contributed by atoms with Crippen LogP contribution in [0.2, 0.25) is 0 Å². The molecule has 0 bridgehead atoms. The van der Waals surface area contributed by atoms with E-state index >= 15 is 0 Å². The Hall–Kier alpha value is -2.63. The molecule has 0 aromatic carbocycles. The monoisotopic (exact) mass is 327 g/mol. The Morgan fingerprint density at radius 2 is 2.21 bits per heavy atom. The second-order valence-electron chi connectivity index (χ2n) is 6.33. The van der Waals surface area contributed by atoms with E-state index in [4.69, 9.17) is 4.42 Å². The lowest BCUT2D eigenvalue weighted by molar-refractivity contribution is -0.131. The maximum atomic E-state index is 12.8. The van der Waals surface area contributed by atoms with Gasteiger partial charge < -0.3 is 14.2 Å². The molecule has 0 N–H and O–H groups in total. The zero-order valence-electron chi connectivity index (χ0n) is 13.9. The molecule has 1 aliphatic heterocycles. The van der Waals surface area contributed by atoms with Gasteiger partial charge in [-0.25, -0.2) is 4.98 Å². The first kappa shape index (κ1) is 16.2. The number of fused-ring (bicyclic) bond motifs is 1. The van der Waals surface area contributed by atoms with Gasteiger partial charge in [0.2, 0.25) is 5.91 Å². The minimum absolute atomic E-state index is 0.0224. The van der Waals surface area contributed by atoms with Crippen LogP contribution in [0.4, 0.5) is 0 Å². The maximum absolute atomic E-state index is 12.8. The van der Waals surface area contributed by atoms with E-state index in [1.165, 1.54) is 6.08 Å². The van der Waals surface area contributed by atoms with E-state index in [1.807, 2.05) is 6.07 Å². The molecule has 6 heteroatoms. The predicted octanol–water partition coefficient (Wildman–Crippen LogP) is 2.32. The summed E-state index contributed by atoms with van der Waals surface area (Å²) in [5, 5.41) is 0.856. The van der Waals surface area contributed by atoms with E-state index in [2.05, 4.69) is 25.4 Å². The van der Waals surface area contributed by atoms with Crippen LogP contribution in [0.25, 0.3) is 11.0 Å². The fourth-order valence-electron chi connectivity index (χ4n) is 3.10. The number of nitrogens with zero attached hydrogens (tertiary/aromatic N) is 3. The van der Waals surface area contributed by atoms with Crippen LogP contribution in [0.1, 0.15) is 24.3 Å². The largest absolute Gasteiger partial charge is 0.463 e. The Morgan fingerprint density at radius 1 is 1.42 bits per heavy atom. The van der Waals surface area contributed by atoms with Gasteiger partial charge in [-0.15, -0.1) is 0 Å². The molecule has 0 aliphatic carbocycles. The van der Waals surface area contributed by atoms with Gasteiger partial charge in [0.05, 0.1) is 18.5 Å². The second-order valence-corrected chi connectivity index (χ2v) is 6.33. The third kappa shape index (κ3) is 2.91. The van der Waals surface area contributed by atoms with Gasteiger partial charge in [-0.2, -0.15) is 0 Å². The predicted molar refractivity (Wildman–Crippen MR) is 90.4 cm³/mol. The van der Waals surface area contributed by atoms with Crippen LogP contribution in [0, 0.1) is 5.92 Å². The van der Waals surface area contributed by atoms with E-state index < -0.39 is 0 Å². The standard InChI is InChI=1S/C18H21N3O3/c1-4-17(22)21-7-6-20(11-15(21)12(2)3)18(23)14-9-13-5-8-24-16(13)10-19-14/h4-5,8-10,12,15H,1,6-7,11H2,2-3H3/t15-/m1/s1. The molecule has 0 radical (unpaired) electrons. The van der Waals surface area contributed by atoms with Crippen molar-refractivity contribution in [3.8, 4) is 0 Å². The Kier molecular flexibility index (Phi) is 4.38. The summed E-state index contributed by atoms with van der Waals surface area (Å²) in [6.45, 7) is 9.17. The summed E-state index contributed by atoms with van der Waals surface area (Å²) in [5.74, 6) is 0.0435. The van der Waals surface area contributed by atoms with Gasteiger partial charge in [0.25, 0.3) is 5.91 Å². The second kappa shape index (κ2) is 6.47. The van der Waals surface area contributed by atoms with Crippen LogP contribution in [0.3, 0.4) is 0 Å². The molecule has 24 heavy (non-hydrogen) atoms. The molecule has 1 saturated heterocycles. The lowest BCUT2D eigenvalue weighted by atomic mass is 9.99. The van der Waals surface area contributed by atoms with E-state index in [-0.39, 0.29) is 23.8 Å². The van der Waals surface area contributed by atoms with Crippen molar-refractivity contribution in [2.45, 2.75) is 19.9 Å². The molecule has 3 rings (SSSR count). The lowest BCUT2D eigenvalue weighted by Gasteiger charge is -2.42. The van der Waals surface area contributed by atoms with E-state index in [9.17, 15) is 9.59 Å². The molecule has 1 aliphatic rings. The number of furan rings is 1. The summed E-state index contributed by atoms with van der Waals surface area (Å²) in [7, 11) is 0. The number of amides is 2. The topological polar surface area (TPSA) is 66.7 Å². The molecule has 0 spiro atoms. The maximum Gasteiger partial charge on any atom is 0.272 e. The van der Waals surface area contributed by atoms with Crippen LogP contribution >= 0.6 is 0 Å². The minimum Gasteiger partial charge on any atom is -0.463 e. The Labute approximate surface area is 140 Å². The number of pyridine rings is 1. The van der Waals surface area contributed by atoms with Gasteiger partial charge in [0.15, 0.2) is 5.58 Å². The van der Waals surface area contributed by atoms with Gasteiger partial charge >= 0.3 is 0 Å². The van der Waals surface area contributed by atoms with Crippen molar-refractivity contribution in [1.29, 1.82) is 0 Å². The van der Waals surface area contributed by atoms with Crippen LogP contribution in [0.5, 0.6) is 0 Å². The number of hydrogen-bond acceptors (Lipinski definition) is 4. The average molecular weight is 327 g/mol. The van der Waals surface area contributed by atoms with Gasteiger partial charge in [0, 0.05) is 25.0 Å². The Bertz CT molecular complexity index is 781. The van der Waals surface area contributed by atoms with Crippen molar-refractivity contribution in [3.63, 3.8) is 0 Å². The average Bonchev–Trinajstić information content (AvgIpc) is 3.07. The van der Waals surface area contributed by atoms with Crippen molar-refractivity contribution in [2.75, 3.05) is 19.6 Å². The molecule has 1 fully saturated rings. The number of carbonyl (C=O) groups is 2. The van der Waals surface area contributed by atoms with Gasteiger partial charge in [0.1, 0.15) is 5.69 Å².